The van der Waals surface area contributed by atoms with Gasteiger partial charge >= 0.3 is 5.97 Å². The van der Waals surface area contributed by atoms with Crippen LogP contribution < -0.4 is 4.74 Å². The Kier molecular flexibility index (Phi) is 2.15. The van der Waals surface area contributed by atoms with E-state index in [1.165, 1.54) is 12.7 Å². The number of methoxy groups -OCH3 is 1. The molecule has 1 aliphatic rings. The standard InChI is InChI=1S/C11H12O3/c1-7-3-4-9-8(5-7)6-10(14-9)11(12)13-2/h3-5,10H,6H2,1-2H3. The van der Waals surface area contributed by atoms with Crippen LogP contribution in [0.4, 0.5) is 0 Å². The molecule has 0 saturated carbocycles. The number of aryl methyl sites for hydroxylation is 1. The fourth-order valence-corrected chi connectivity index (χ4v) is 1.64. The Morgan fingerprint density at radius 2 is 2.36 bits per heavy atom. The van der Waals surface area contributed by atoms with E-state index in [9.17, 15) is 4.79 Å². The van der Waals surface area contributed by atoms with E-state index >= 15 is 0 Å². The number of rotatable bonds is 1. The maximum absolute atomic E-state index is 11.2. The summed E-state index contributed by atoms with van der Waals surface area (Å²) in [5.41, 5.74) is 2.26. The van der Waals surface area contributed by atoms with Crippen LogP contribution in [0, 0.1) is 6.92 Å². The zero-order valence-corrected chi connectivity index (χ0v) is 8.24. The molecule has 1 unspecified atom stereocenters. The van der Waals surface area contributed by atoms with Crippen molar-refractivity contribution in [2.75, 3.05) is 7.11 Å². The van der Waals surface area contributed by atoms with Gasteiger partial charge in [-0.1, -0.05) is 17.7 Å². The molecule has 0 bridgehead atoms. The molecule has 3 nitrogen and oxygen atoms in total. The number of benzene rings is 1. The maximum Gasteiger partial charge on any atom is 0.347 e. The van der Waals surface area contributed by atoms with E-state index in [4.69, 9.17) is 4.74 Å². The molecule has 1 aliphatic heterocycles. The molecule has 1 aromatic carbocycles. The van der Waals surface area contributed by atoms with Gasteiger partial charge in [-0.3, -0.25) is 0 Å². The average molecular weight is 192 g/mol. The molecule has 0 radical (unpaired) electrons. The van der Waals surface area contributed by atoms with Gasteiger partial charge in [-0.05, 0) is 18.6 Å². The van der Waals surface area contributed by atoms with Gasteiger partial charge in [0.05, 0.1) is 7.11 Å². The number of carbonyl (C=O) groups excluding carboxylic acids is 1. The summed E-state index contributed by atoms with van der Waals surface area (Å²) in [4.78, 5) is 11.2. The summed E-state index contributed by atoms with van der Waals surface area (Å²) in [5.74, 6) is 0.491. The fourth-order valence-electron chi connectivity index (χ4n) is 1.64. The topological polar surface area (TPSA) is 35.5 Å². The second kappa shape index (κ2) is 3.33. The van der Waals surface area contributed by atoms with E-state index in [0.29, 0.717) is 6.42 Å². The lowest BCUT2D eigenvalue weighted by Gasteiger charge is -2.06. The number of carbonyl (C=O) groups is 1. The molecule has 0 N–H and O–H groups in total. The highest BCUT2D eigenvalue weighted by Crippen LogP contribution is 2.29. The molecule has 1 heterocycles. The van der Waals surface area contributed by atoms with Crippen molar-refractivity contribution >= 4 is 5.97 Å². The summed E-state index contributed by atoms with van der Waals surface area (Å²) in [7, 11) is 1.37. The number of ether oxygens (including phenoxy) is 2. The van der Waals surface area contributed by atoms with Gasteiger partial charge in [0.1, 0.15) is 5.75 Å². The van der Waals surface area contributed by atoms with Crippen molar-refractivity contribution in [3.8, 4) is 5.75 Å². The van der Waals surface area contributed by atoms with Crippen LogP contribution >= 0.6 is 0 Å². The van der Waals surface area contributed by atoms with Crippen molar-refractivity contribution in [3.63, 3.8) is 0 Å². The molecule has 0 amide bonds. The molecule has 14 heavy (non-hydrogen) atoms. The van der Waals surface area contributed by atoms with Gasteiger partial charge in [0.2, 0.25) is 0 Å². The summed E-state index contributed by atoms with van der Waals surface area (Å²) < 4.78 is 10.1. The SMILES string of the molecule is COC(=O)C1Cc2cc(C)ccc2O1. The third kappa shape index (κ3) is 1.45. The predicted octanol–water partition coefficient (Wildman–Crippen LogP) is 1.47. The van der Waals surface area contributed by atoms with Crippen molar-refractivity contribution in [1.29, 1.82) is 0 Å². The van der Waals surface area contributed by atoms with Crippen molar-refractivity contribution in [3.05, 3.63) is 29.3 Å². The Balaban J connectivity index is 2.22. The summed E-state index contributed by atoms with van der Waals surface area (Å²) in [5, 5.41) is 0. The van der Waals surface area contributed by atoms with E-state index in [0.717, 1.165) is 11.3 Å². The van der Waals surface area contributed by atoms with Gasteiger partial charge in [-0.25, -0.2) is 4.79 Å². The van der Waals surface area contributed by atoms with E-state index in [1.807, 2.05) is 25.1 Å². The highest BCUT2D eigenvalue weighted by atomic mass is 16.6. The molecule has 1 aromatic rings. The number of hydrogen-bond acceptors (Lipinski definition) is 3. The minimum atomic E-state index is -0.461. The smallest absolute Gasteiger partial charge is 0.347 e. The van der Waals surface area contributed by atoms with E-state index in [1.54, 1.807) is 0 Å². The van der Waals surface area contributed by atoms with Crippen LogP contribution in [-0.2, 0) is 16.0 Å². The van der Waals surface area contributed by atoms with E-state index < -0.39 is 6.10 Å². The maximum atomic E-state index is 11.2. The monoisotopic (exact) mass is 192 g/mol. The zero-order chi connectivity index (χ0) is 10.1. The van der Waals surface area contributed by atoms with Crippen molar-refractivity contribution < 1.29 is 14.3 Å². The minimum Gasteiger partial charge on any atom is -0.478 e. The van der Waals surface area contributed by atoms with Crippen molar-refractivity contribution in [1.82, 2.24) is 0 Å². The molecule has 0 spiro atoms. The van der Waals surface area contributed by atoms with E-state index in [-0.39, 0.29) is 5.97 Å². The van der Waals surface area contributed by atoms with Crippen molar-refractivity contribution in [2.24, 2.45) is 0 Å². The molecule has 0 aliphatic carbocycles. The molecular formula is C11H12O3. The van der Waals surface area contributed by atoms with Crippen LogP contribution in [0.5, 0.6) is 5.75 Å². The van der Waals surface area contributed by atoms with Crippen LogP contribution in [0.2, 0.25) is 0 Å². The van der Waals surface area contributed by atoms with Crippen LogP contribution in [0.1, 0.15) is 11.1 Å². The third-order valence-corrected chi connectivity index (χ3v) is 2.35. The van der Waals surface area contributed by atoms with Gasteiger partial charge in [0, 0.05) is 6.42 Å². The third-order valence-electron chi connectivity index (χ3n) is 2.35. The number of hydrogen-bond donors (Lipinski definition) is 0. The first-order chi connectivity index (χ1) is 6.70. The zero-order valence-electron chi connectivity index (χ0n) is 8.24. The normalized spacial score (nSPS) is 18.6. The molecular weight excluding hydrogens is 180 g/mol. The Hall–Kier alpha value is -1.51. The first-order valence-corrected chi connectivity index (χ1v) is 4.54. The van der Waals surface area contributed by atoms with Crippen LogP contribution in [0.15, 0.2) is 18.2 Å². The fraction of sp³-hybridized carbons (Fsp3) is 0.364. The Morgan fingerprint density at radius 3 is 3.07 bits per heavy atom. The molecule has 74 valence electrons. The van der Waals surface area contributed by atoms with Crippen LogP contribution in [0.25, 0.3) is 0 Å². The van der Waals surface area contributed by atoms with Crippen molar-refractivity contribution in [2.45, 2.75) is 19.4 Å². The molecule has 3 heteroatoms. The van der Waals surface area contributed by atoms with Gasteiger partial charge in [0.15, 0.2) is 6.10 Å². The molecule has 0 saturated heterocycles. The van der Waals surface area contributed by atoms with Gasteiger partial charge in [-0.15, -0.1) is 0 Å². The van der Waals surface area contributed by atoms with Gasteiger partial charge < -0.3 is 9.47 Å². The lowest BCUT2D eigenvalue weighted by atomic mass is 10.1. The lowest BCUT2D eigenvalue weighted by molar-refractivity contribution is -0.147. The first-order valence-electron chi connectivity index (χ1n) is 4.54. The minimum absolute atomic E-state index is 0.307. The van der Waals surface area contributed by atoms with Crippen LogP contribution in [-0.4, -0.2) is 19.2 Å². The highest BCUT2D eigenvalue weighted by Gasteiger charge is 2.29. The van der Waals surface area contributed by atoms with Gasteiger partial charge in [-0.2, -0.15) is 0 Å². The highest BCUT2D eigenvalue weighted by molar-refractivity contribution is 5.76. The number of fused-ring (bicyclic) bond motifs is 1. The molecule has 1 atom stereocenters. The summed E-state index contributed by atoms with van der Waals surface area (Å²) in [6, 6.07) is 5.91. The Morgan fingerprint density at radius 1 is 1.57 bits per heavy atom. The largest absolute Gasteiger partial charge is 0.478 e. The summed E-state index contributed by atoms with van der Waals surface area (Å²) in [6.45, 7) is 2.02. The predicted molar refractivity (Wildman–Crippen MR) is 51.3 cm³/mol. The Bertz CT molecular complexity index is 371. The summed E-state index contributed by atoms with van der Waals surface area (Å²) in [6.07, 6.45) is 0.153. The lowest BCUT2D eigenvalue weighted by Crippen LogP contribution is -2.26. The quantitative estimate of drug-likeness (QED) is 0.632. The second-order valence-electron chi connectivity index (χ2n) is 3.44. The molecule has 0 aromatic heterocycles. The molecule has 0 fully saturated rings. The second-order valence-corrected chi connectivity index (χ2v) is 3.44. The first kappa shape index (κ1) is 9.06. The van der Waals surface area contributed by atoms with Gasteiger partial charge in [0.25, 0.3) is 0 Å². The Labute approximate surface area is 82.6 Å². The summed E-state index contributed by atoms with van der Waals surface area (Å²) >= 11 is 0. The average Bonchev–Trinajstić information content (AvgIpc) is 2.59. The molecule has 2 rings (SSSR count). The van der Waals surface area contributed by atoms with Crippen LogP contribution in [0.3, 0.4) is 0 Å². The number of esters is 1. The van der Waals surface area contributed by atoms with E-state index in [2.05, 4.69) is 4.74 Å².